The van der Waals surface area contributed by atoms with Crippen LogP contribution in [0.4, 0.5) is 4.79 Å². The van der Waals surface area contributed by atoms with Gasteiger partial charge in [0.2, 0.25) is 0 Å². The molecule has 1 aromatic carbocycles. The normalized spacial score (nSPS) is 17.5. The molecule has 1 aliphatic rings. The van der Waals surface area contributed by atoms with E-state index in [-0.39, 0.29) is 12.1 Å². The van der Waals surface area contributed by atoms with Crippen LogP contribution in [-0.2, 0) is 19.6 Å². The quantitative estimate of drug-likeness (QED) is 0.889. The smallest absolute Gasteiger partial charge is 0.314 e. The predicted octanol–water partition coefficient (Wildman–Crippen LogP) is 2.19. The summed E-state index contributed by atoms with van der Waals surface area (Å²) in [6.07, 6.45) is 2.12. The monoisotopic (exact) mass is 312 g/mol. The molecule has 1 unspecified atom stereocenters. The number of hydrogen-bond donors (Lipinski definition) is 2. The van der Waals surface area contributed by atoms with E-state index in [1.54, 1.807) is 0 Å². The van der Waals surface area contributed by atoms with E-state index in [1.807, 2.05) is 13.0 Å². The molecule has 2 amide bonds. The van der Waals surface area contributed by atoms with Crippen molar-refractivity contribution in [2.75, 3.05) is 13.1 Å². The maximum Gasteiger partial charge on any atom is 0.314 e. The fraction of sp³-hybridized carbons (Fsp3) is 0.389. The largest absolute Gasteiger partial charge is 0.349 e. The molecule has 0 fully saturated rings. The Morgan fingerprint density at radius 3 is 2.78 bits per heavy atom. The van der Waals surface area contributed by atoms with E-state index < -0.39 is 0 Å². The summed E-state index contributed by atoms with van der Waals surface area (Å²) < 4.78 is 2.28. The second-order valence-electron chi connectivity index (χ2n) is 5.94. The van der Waals surface area contributed by atoms with E-state index in [1.165, 1.54) is 11.3 Å². The molecule has 2 aromatic rings. The first-order valence-electron chi connectivity index (χ1n) is 8.20. The highest BCUT2D eigenvalue weighted by atomic mass is 16.2. The van der Waals surface area contributed by atoms with Crippen molar-refractivity contribution < 1.29 is 4.79 Å². The standard InChI is InChI=1S/C18H24N4O/c1-2-19-18(23)20-11-17-14-21-10-6-9-16(21)13-22(17)12-15-7-4-3-5-8-15/h3-10,17H,2,11-14H2,1H3,(H2,19,20,23). The lowest BCUT2D eigenvalue weighted by molar-refractivity contribution is 0.130. The number of fused-ring (bicyclic) bond motifs is 1. The van der Waals surface area contributed by atoms with Gasteiger partial charge in [0.15, 0.2) is 0 Å². The Kier molecular flexibility index (Phi) is 4.98. The molecule has 23 heavy (non-hydrogen) atoms. The van der Waals surface area contributed by atoms with E-state index >= 15 is 0 Å². The predicted molar refractivity (Wildman–Crippen MR) is 91.0 cm³/mol. The molecule has 1 aromatic heterocycles. The molecule has 2 N–H and O–H groups in total. The minimum Gasteiger partial charge on any atom is -0.349 e. The topological polar surface area (TPSA) is 49.3 Å². The SMILES string of the molecule is CCNC(=O)NCC1Cn2cccc2CN1Cc1ccccc1. The number of nitrogens with one attached hydrogen (secondary N) is 2. The Balaban J connectivity index is 1.69. The third-order valence-corrected chi connectivity index (χ3v) is 4.28. The summed E-state index contributed by atoms with van der Waals surface area (Å²) in [4.78, 5) is 14.1. The van der Waals surface area contributed by atoms with Gasteiger partial charge in [-0.05, 0) is 24.6 Å². The van der Waals surface area contributed by atoms with Crippen LogP contribution < -0.4 is 10.6 Å². The van der Waals surface area contributed by atoms with Gasteiger partial charge in [0, 0.05) is 50.7 Å². The van der Waals surface area contributed by atoms with Crippen molar-refractivity contribution in [3.8, 4) is 0 Å². The first-order chi connectivity index (χ1) is 11.3. The minimum atomic E-state index is -0.0922. The Bertz CT molecular complexity index is 637. The van der Waals surface area contributed by atoms with E-state index in [0.717, 1.165) is 19.6 Å². The Hall–Kier alpha value is -2.27. The summed E-state index contributed by atoms with van der Waals surface area (Å²) in [5, 5.41) is 5.78. The van der Waals surface area contributed by atoms with Gasteiger partial charge in [0.25, 0.3) is 0 Å². The summed E-state index contributed by atoms with van der Waals surface area (Å²) in [5.41, 5.74) is 2.63. The number of nitrogens with zero attached hydrogens (tertiary/aromatic N) is 2. The molecule has 5 nitrogen and oxygen atoms in total. The van der Waals surface area contributed by atoms with Gasteiger partial charge in [0.1, 0.15) is 0 Å². The molecule has 0 saturated heterocycles. The average molecular weight is 312 g/mol. The van der Waals surface area contributed by atoms with E-state index in [4.69, 9.17) is 0 Å². The first kappa shape index (κ1) is 15.6. The molecular formula is C18H24N4O. The van der Waals surface area contributed by atoms with Crippen molar-refractivity contribution in [1.29, 1.82) is 0 Å². The summed E-state index contributed by atoms with van der Waals surface area (Å²) >= 11 is 0. The number of urea groups is 1. The summed E-state index contributed by atoms with van der Waals surface area (Å²) in [6, 6.07) is 15.0. The van der Waals surface area contributed by atoms with E-state index in [0.29, 0.717) is 13.1 Å². The number of carbonyl (C=O) groups is 1. The van der Waals surface area contributed by atoms with E-state index in [9.17, 15) is 4.79 Å². The third-order valence-electron chi connectivity index (χ3n) is 4.28. The lowest BCUT2D eigenvalue weighted by Crippen LogP contribution is -2.50. The Labute approximate surface area is 137 Å². The third kappa shape index (κ3) is 3.93. The highest BCUT2D eigenvalue weighted by Crippen LogP contribution is 2.20. The lowest BCUT2D eigenvalue weighted by Gasteiger charge is -2.37. The number of carbonyl (C=O) groups excluding carboxylic acids is 1. The van der Waals surface area contributed by atoms with Gasteiger partial charge in [-0.2, -0.15) is 0 Å². The van der Waals surface area contributed by atoms with Crippen molar-refractivity contribution >= 4 is 6.03 Å². The van der Waals surface area contributed by atoms with Crippen LogP contribution in [0.15, 0.2) is 48.7 Å². The fourth-order valence-corrected chi connectivity index (χ4v) is 3.08. The molecular weight excluding hydrogens is 288 g/mol. The zero-order valence-electron chi connectivity index (χ0n) is 13.5. The van der Waals surface area contributed by atoms with Gasteiger partial charge >= 0.3 is 6.03 Å². The lowest BCUT2D eigenvalue weighted by atomic mass is 10.1. The van der Waals surface area contributed by atoms with Crippen LogP contribution in [0.5, 0.6) is 0 Å². The Morgan fingerprint density at radius 2 is 2.00 bits per heavy atom. The second-order valence-corrected chi connectivity index (χ2v) is 5.94. The van der Waals surface area contributed by atoms with Crippen LogP contribution in [0.3, 0.4) is 0 Å². The summed E-state index contributed by atoms with van der Waals surface area (Å²) in [5.74, 6) is 0. The average Bonchev–Trinajstić information content (AvgIpc) is 3.01. The molecule has 0 spiro atoms. The van der Waals surface area contributed by atoms with Crippen molar-refractivity contribution in [2.24, 2.45) is 0 Å². The zero-order chi connectivity index (χ0) is 16.1. The number of hydrogen-bond acceptors (Lipinski definition) is 2. The van der Waals surface area contributed by atoms with Crippen molar-refractivity contribution in [3.05, 3.63) is 59.9 Å². The number of aromatic nitrogens is 1. The minimum absolute atomic E-state index is 0.0922. The highest BCUT2D eigenvalue weighted by Gasteiger charge is 2.26. The molecule has 5 heteroatoms. The molecule has 3 rings (SSSR count). The van der Waals surface area contributed by atoms with Gasteiger partial charge in [0.05, 0.1) is 0 Å². The maximum absolute atomic E-state index is 11.7. The number of benzene rings is 1. The first-order valence-corrected chi connectivity index (χ1v) is 8.20. The molecule has 122 valence electrons. The van der Waals surface area contributed by atoms with Gasteiger partial charge in [-0.25, -0.2) is 4.79 Å². The maximum atomic E-state index is 11.7. The van der Waals surface area contributed by atoms with Gasteiger partial charge in [-0.15, -0.1) is 0 Å². The molecule has 0 saturated carbocycles. The summed E-state index contributed by atoms with van der Waals surface area (Å²) in [7, 11) is 0. The van der Waals surface area contributed by atoms with Gasteiger partial charge in [-0.3, -0.25) is 4.90 Å². The molecule has 2 heterocycles. The van der Waals surface area contributed by atoms with Gasteiger partial charge < -0.3 is 15.2 Å². The van der Waals surface area contributed by atoms with Crippen molar-refractivity contribution in [1.82, 2.24) is 20.1 Å². The molecule has 0 radical (unpaired) electrons. The summed E-state index contributed by atoms with van der Waals surface area (Å²) in [6.45, 7) is 5.93. The van der Waals surface area contributed by atoms with E-state index in [2.05, 4.69) is 62.7 Å². The molecule has 1 atom stereocenters. The zero-order valence-corrected chi connectivity index (χ0v) is 13.5. The number of amides is 2. The Morgan fingerprint density at radius 1 is 1.17 bits per heavy atom. The fourth-order valence-electron chi connectivity index (χ4n) is 3.08. The molecule has 0 aliphatic carbocycles. The van der Waals surface area contributed by atoms with Crippen LogP contribution in [0.1, 0.15) is 18.2 Å². The van der Waals surface area contributed by atoms with Crippen LogP contribution in [0.25, 0.3) is 0 Å². The van der Waals surface area contributed by atoms with Gasteiger partial charge in [-0.1, -0.05) is 30.3 Å². The van der Waals surface area contributed by atoms with Crippen LogP contribution in [0, 0.1) is 0 Å². The van der Waals surface area contributed by atoms with Crippen LogP contribution >= 0.6 is 0 Å². The highest BCUT2D eigenvalue weighted by molar-refractivity contribution is 5.73. The molecule has 0 bridgehead atoms. The van der Waals surface area contributed by atoms with Crippen molar-refractivity contribution in [2.45, 2.75) is 32.6 Å². The molecule has 1 aliphatic heterocycles. The van der Waals surface area contributed by atoms with Crippen LogP contribution in [0.2, 0.25) is 0 Å². The number of rotatable bonds is 5. The van der Waals surface area contributed by atoms with Crippen molar-refractivity contribution in [3.63, 3.8) is 0 Å². The second kappa shape index (κ2) is 7.33. The van der Waals surface area contributed by atoms with Crippen LogP contribution in [-0.4, -0.2) is 34.6 Å².